The van der Waals surface area contributed by atoms with Crippen molar-refractivity contribution >= 4 is 0 Å². The molecule has 0 aromatic heterocycles. The Morgan fingerprint density at radius 3 is 3.06 bits per heavy atom. The third kappa shape index (κ3) is 3.49. The van der Waals surface area contributed by atoms with Crippen molar-refractivity contribution in [3.05, 3.63) is 29.3 Å². The van der Waals surface area contributed by atoms with E-state index < -0.39 is 0 Å². The quantitative estimate of drug-likeness (QED) is 0.832. The van der Waals surface area contributed by atoms with E-state index in [4.69, 9.17) is 4.74 Å². The number of aryl methyl sites for hydroxylation is 1. The van der Waals surface area contributed by atoms with Gasteiger partial charge >= 0.3 is 0 Å². The number of benzene rings is 1. The Bertz CT molecular complexity index is 389. The molecule has 0 aliphatic carbocycles. The van der Waals surface area contributed by atoms with Crippen molar-refractivity contribution < 1.29 is 4.74 Å². The molecule has 1 aromatic rings. The van der Waals surface area contributed by atoms with E-state index >= 15 is 0 Å². The third-order valence-electron chi connectivity index (χ3n) is 3.68. The number of rotatable bonds is 6. The maximum absolute atomic E-state index is 6.00. The van der Waals surface area contributed by atoms with Crippen LogP contribution in [0.2, 0.25) is 0 Å². The van der Waals surface area contributed by atoms with Gasteiger partial charge in [-0.3, -0.25) is 0 Å². The zero-order valence-electron chi connectivity index (χ0n) is 11.8. The summed E-state index contributed by atoms with van der Waals surface area (Å²) in [6.45, 7) is 8.80. The summed E-state index contributed by atoms with van der Waals surface area (Å²) in [5.74, 6) is 1.84. The summed E-state index contributed by atoms with van der Waals surface area (Å²) in [7, 11) is 0. The van der Waals surface area contributed by atoms with Crippen LogP contribution in [0.3, 0.4) is 0 Å². The first kappa shape index (κ1) is 13.4. The van der Waals surface area contributed by atoms with E-state index in [0.29, 0.717) is 6.10 Å². The zero-order valence-corrected chi connectivity index (χ0v) is 11.8. The first-order chi connectivity index (χ1) is 8.69. The van der Waals surface area contributed by atoms with Gasteiger partial charge in [-0.15, -0.1) is 0 Å². The molecule has 0 bridgehead atoms. The van der Waals surface area contributed by atoms with Crippen molar-refractivity contribution in [2.24, 2.45) is 5.92 Å². The highest BCUT2D eigenvalue weighted by Gasteiger charge is 2.22. The number of fused-ring (bicyclic) bond motifs is 1. The van der Waals surface area contributed by atoms with Gasteiger partial charge in [0.15, 0.2) is 0 Å². The maximum atomic E-state index is 6.00. The minimum atomic E-state index is 0.394. The van der Waals surface area contributed by atoms with Crippen molar-refractivity contribution in [3.63, 3.8) is 0 Å². The molecule has 2 heteroatoms. The highest BCUT2D eigenvalue weighted by Crippen LogP contribution is 2.31. The lowest BCUT2D eigenvalue weighted by Gasteiger charge is -2.15. The van der Waals surface area contributed by atoms with Crippen LogP contribution >= 0.6 is 0 Å². The molecule has 2 nitrogen and oxygen atoms in total. The van der Waals surface area contributed by atoms with Crippen LogP contribution in [0.4, 0.5) is 0 Å². The molecule has 0 spiro atoms. The average molecular weight is 247 g/mol. The molecule has 2 atom stereocenters. The Morgan fingerprint density at radius 1 is 1.44 bits per heavy atom. The second kappa shape index (κ2) is 6.24. The average Bonchev–Trinajstić information content (AvgIpc) is 2.75. The minimum Gasteiger partial charge on any atom is -0.490 e. The first-order valence-corrected chi connectivity index (χ1v) is 7.16. The van der Waals surface area contributed by atoms with Gasteiger partial charge in [0.1, 0.15) is 11.9 Å². The highest BCUT2D eigenvalue weighted by atomic mass is 16.5. The van der Waals surface area contributed by atoms with Crippen LogP contribution in [0, 0.1) is 12.8 Å². The molecule has 0 saturated heterocycles. The van der Waals surface area contributed by atoms with Crippen LogP contribution < -0.4 is 10.1 Å². The van der Waals surface area contributed by atoms with Gasteiger partial charge in [0.2, 0.25) is 0 Å². The second-order valence-electron chi connectivity index (χ2n) is 5.55. The maximum Gasteiger partial charge on any atom is 0.123 e. The standard InChI is InChI=1S/C16H25NO/c1-4-17-11-13(3)5-7-15-10-14-9-12(2)6-8-16(14)18-15/h6,8-9,13,15,17H,4-5,7,10-11H2,1-3H3. The summed E-state index contributed by atoms with van der Waals surface area (Å²) in [5, 5.41) is 3.41. The molecule has 1 aromatic carbocycles. The van der Waals surface area contributed by atoms with Gasteiger partial charge in [-0.1, -0.05) is 31.5 Å². The molecule has 0 amide bonds. The normalized spacial score (nSPS) is 19.4. The van der Waals surface area contributed by atoms with Gasteiger partial charge in [-0.25, -0.2) is 0 Å². The van der Waals surface area contributed by atoms with Gasteiger partial charge in [0, 0.05) is 6.42 Å². The first-order valence-electron chi connectivity index (χ1n) is 7.16. The van der Waals surface area contributed by atoms with Crippen molar-refractivity contribution in [1.29, 1.82) is 0 Å². The highest BCUT2D eigenvalue weighted by molar-refractivity contribution is 5.40. The van der Waals surface area contributed by atoms with E-state index in [1.165, 1.54) is 24.0 Å². The lowest BCUT2D eigenvalue weighted by molar-refractivity contribution is 0.209. The predicted octanol–water partition coefficient (Wildman–Crippen LogP) is 3.32. The molecule has 1 aliphatic heterocycles. The van der Waals surface area contributed by atoms with Crippen LogP contribution in [0.15, 0.2) is 18.2 Å². The molecule has 0 saturated carbocycles. The molecular weight excluding hydrogens is 222 g/mol. The summed E-state index contributed by atoms with van der Waals surface area (Å²) in [6, 6.07) is 6.51. The monoisotopic (exact) mass is 247 g/mol. The molecule has 2 unspecified atom stereocenters. The van der Waals surface area contributed by atoms with E-state index in [0.717, 1.165) is 31.2 Å². The Kier molecular flexibility index (Phi) is 4.65. The topological polar surface area (TPSA) is 21.3 Å². The smallest absolute Gasteiger partial charge is 0.123 e. The molecule has 0 radical (unpaired) electrons. The lowest BCUT2D eigenvalue weighted by atomic mass is 9.99. The molecule has 1 heterocycles. The van der Waals surface area contributed by atoms with Gasteiger partial charge in [0.05, 0.1) is 0 Å². The van der Waals surface area contributed by atoms with Crippen LogP contribution in [-0.2, 0) is 6.42 Å². The lowest BCUT2D eigenvalue weighted by Crippen LogP contribution is -2.22. The largest absolute Gasteiger partial charge is 0.490 e. The van der Waals surface area contributed by atoms with Crippen molar-refractivity contribution in [2.45, 2.75) is 46.1 Å². The van der Waals surface area contributed by atoms with E-state index in [2.05, 4.69) is 44.3 Å². The van der Waals surface area contributed by atoms with E-state index in [1.54, 1.807) is 0 Å². The number of nitrogens with one attached hydrogen (secondary N) is 1. The van der Waals surface area contributed by atoms with Crippen molar-refractivity contribution in [3.8, 4) is 5.75 Å². The van der Waals surface area contributed by atoms with E-state index in [1.807, 2.05) is 0 Å². The molecule has 1 aliphatic rings. The summed E-state index contributed by atoms with van der Waals surface area (Å²) >= 11 is 0. The van der Waals surface area contributed by atoms with Gasteiger partial charge in [-0.05, 0) is 50.4 Å². The second-order valence-corrected chi connectivity index (χ2v) is 5.55. The fourth-order valence-corrected chi connectivity index (χ4v) is 2.57. The van der Waals surface area contributed by atoms with Crippen LogP contribution in [0.5, 0.6) is 5.75 Å². The molecule has 0 fully saturated rings. The number of hydrogen-bond donors (Lipinski definition) is 1. The van der Waals surface area contributed by atoms with Crippen LogP contribution in [-0.4, -0.2) is 19.2 Å². The summed E-state index contributed by atoms with van der Waals surface area (Å²) in [4.78, 5) is 0. The fourth-order valence-electron chi connectivity index (χ4n) is 2.57. The van der Waals surface area contributed by atoms with Gasteiger partial charge < -0.3 is 10.1 Å². The number of ether oxygens (including phenoxy) is 1. The summed E-state index contributed by atoms with van der Waals surface area (Å²) in [6.07, 6.45) is 3.89. The van der Waals surface area contributed by atoms with E-state index in [-0.39, 0.29) is 0 Å². The molecular formula is C16H25NO. The van der Waals surface area contributed by atoms with E-state index in [9.17, 15) is 0 Å². The summed E-state index contributed by atoms with van der Waals surface area (Å²) in [5.41, 5.74) is 2.72. The van der Waals surface area contributed by atoms with Crippen LogP contribution in [0.1, 0.15) is 37.8 Å². The van der Waals surface area contributed by atoms with Crippen LogP contribution in [0.25, 0.3) is 0 Å². The Balaban J connectivity index is 1.77. The minimum absolute atomic E-state index is 0.394. The van der Waals surface area contributed by atoms with Crippen molar-refractivity contribution in [2.75, 3.05) is 13.1 Å². The van der Waals surface area contributed by atoms with Gasteiger partial charge in [-0.2, -0.15) is 0 Å². The summed E-state index contributed by atoms with van der Waals surface area (Å²) < 4.78 is 6.00. The SMILES string of the molecule is CCNCC(C)CCC1Cc2cc(C)ccc2O1. The Hall–Kier alpha value is -1.02. The predicted molar refractivity (Wildman–Crippen MR) is 76.2 cm³/mol. The fraction of sp³-hybridized carbons (Fsp3) is 0.625. The number of hydrogen-bond acceptors (Lipinski definition) is 2. The molecule has 1 N–H and O–H groups in total. The molecule has 2 rings (SSSR count). The third-order valence-corrected chi connectivity index (χ3v) is 3.68. The molecule has 100 valence electrons. The zero-order chi connectivity index (χ0) is 13.0. The Morgan fingerprint density at radius 2 is 2.28 bits per heavy atom. The van der Waals surface area contributed by atoms with Crippen molar-refractivity contribution in [1.82, 2.24) is 5.32 Å². The molecule has 18 heavy (non-hydrogen) atoms. The Labute approximate surface area is 111 Å². The van der Waals surface area contributed by atoms with Gasteiger partial charge in [0.25, 0.3) is 0 Å².